The van der Waals surface area contributed by atoms with Crippen LogP contribution in [0, 0.1) is 17.2 Å². The van der Waals surface area contributed by atoms with Crippen LogP contribution >= 0.6 is 0 Å². The van der Waals surface area contributed by atoms with Gasteiger partial charge in [-0.25, -0.2) is 4.39 Å². The Labute approximate surface area is 111 Å². The maximum absolute atomic E-state index is 13.5. The molecule has 0 spiro atoms. The van der Waals surface area contributed by atoms with Crippen LogP contribution in [0.2, 0.25) is 0 Å². The lowest BCUT2D eigenvalue weighted by Crippen LogP contribution is -2.32. The number of halogens is 1. The number of anilines is 1. The maximum Gasteiger partial charge on any atom is 0.253 e. The molecule has 1 aromatic carbocycles. The Morgan fingerprint density at radius 1 is 1.42 bits per heavy atom. The highest BCUT2D eigenvalue weighted by Crippen LogP contribution is 2.60. The molecule has 0 aliphatic heterocycles. The minimum Gasteiger partial charge on any atom is -0.351 e. The van der Waals surface area contributed by atoms with E-state index >= 15 is 0 Å². The Hall–Kier alpha value is -1.62. The van der Waals surface area contributed by atoms with Gasteiger partial charge in [-0.2, -0.15) is 0 Å². The summed E-state index contributed by atoms with van der Waals surface area (Å²) in [5.41, 5.74) is 2.90. The number of nitrogen functional groups attached to an aromatic ring is 1. The zero-order valence-corrected chi connectivity index (χ0v) is 10.7. The first-order valence-corrected chi connectivity index (χ1v) is 6.70. The summed E-state index contributed by atoms with van der Waals surface area (Å²) >= 11 is 0. The van der Waals surface area contributed by atoms with Gasteiger partial charge in [0.1, 0.15) is 5.82 Å². The summed E-state index contributed by atoms with van der Waals surface area (Å²) in [6.45, 7) is 0.691. The minimum atomic E-state index is -0.515. The van der Waals surface area contributed by atoms with Crippen LogP contribution in [-0.2, 0) is 0 Å². The van der Waals surface area contributed by atoms with Gasteiger partial charge in [-0.15, -0.1) is 0 Å². The first-order valence-electron chi connectivity index (χ1n) is 6.70. The fourth-order valence-electron chi connectivity index (χ4n) is 2.80. The summed E-state index contributed by atoms with van der Waals surface area (Å²) in [7, 11) is 0. The minimum absolute atomic E-state index is 0.0521. The van der Waals surface area contributed by atoms with Gasteiger partial charge in [-0.05, 0) is 49.1 Å². The van der Waals surface area contributed by atoms with E-state index in [-0.39, 0.29) is 17.2 Å². The molecule has 0 unspecified atom stereocenters. The third kappa shape index (κ3) is 2.30. The van der Waals surface area contributed by atoms with Crippen LogP contribution in [0.5, 0.6) is 0 Å². The zero-order chi connectivity index (χ0) is 13.5. The summed E-state index contributed by atoms with van der Waals surface area (Å²) in [4.78, 5) is 12.1. The molecule has 19 heavy (non-hydrogen) atoms. The van der Waals surface area contributed by atoms with Gasteiger partial charge in [-0.1, -0.05) is 6.07 Å². The van der Waals surface area contributed by atoms with E-state index in [9.17, 15) is 9.18 Å². The first-order chi connectivity index (χ1) is 9.16. The lowest BCUT2D eigenvalue weighted by atomic mass is 10.0. The normalized spacial score (nSPS) is 19.9. The molecule has 2 fully saturated rings. The first kappa shape index (κ1) is 12.4. The highest BCUT2D eigenvalue weighted by Gasteiger charge is 2.53. The van der Waals surface area contributed by atoms with Crippen molar-refractivity contribution in [3.05, 3.63) is 29.6 Å². The molecule has 1 aromatic rings. The Bertz CT molecular complexity index is 509. The van der Waals surface area contributed by atoms with Gasteiger partial charge < -0.3 is 10.7 Å². The monoisotopic (exact) mass is 263 g/mol. The number of hydrogen-bond acceptors (Lipinski definition) is 3. The van der Waals surface area contributed by atoms with Crippen molar-refractivity contribution < 1.29 is 9.18 Å². The Morgan fingerprint density at radius 3 is 2.74 bits per heavy atom. The number of nitrogens with one attached hydrogen (secondary N) is 2. The predicted octanol–water partition coefficient (Wildman–Crippen LogP) is 2.03. The van der Waals surface area contributed by atoms with Crippen LogP contribution in [0.25, 0.3) is 0 Å². The summed E-state index contributed by atoms with van der Waals surface area (Å²) in [5.74, 6) is 5.28. The van der Waals surface area contributed by atoms with E-state index in [1.165, 1.54) is 37.8 Å². The third-order valence-electron chi connectivity index (χ3n) is 4.34. The molecule has 2 saturated carbocycles. The van der Waals surface area contributed by atoms with Gasteiger partial charge in [-0.3, -0.25) is 10.6 Å². The van der Waals surface area contributed by atoms with Crippen molar-refractivity contribution in [1.82, 2.24) is 5.32 Å². The molecular formula is C14H18FN3O. The average molecular weight is 263 g/mol. The SMILES string of the molecule is NNc1c(F)cccc1C(=O)NCC1(C2CC2)CC1. The largest absolute Gasteiger partial charge is 0.351 e. The Kier molecular flexibility index (Phi) is 2.93. The fourth-order valence-corrected chi connectivity index (χ4v) is 2.80. The number of carbonyl (C=O) groups is 1. The number of nitrogens with two attached hydrogens (primary N) is 1. The highest BCUT2D eigenvalue weighted by atomic mass is 19.1. The lowest BCUT2D eigenvalue weighted by Gasteiger charge is -2.16. The number of hydrogen-bond donors (Lipinski definition) is 3. The lowest BCUT2D eigenvalue weighted by molar-refractivity contribution is 0.0943. The second-order valence-corrected chi connectivity index (χ2v) is 5.63. The summed E-state index contributed by atoms with van der Waals surface area (Å²) in [5, 5.41) is 2.92. The van der Waals surface area contributed by atoms with Crippen LogP contribution in [0.1, 0.15) is 36.0 Å². The summed E-state index contributed by atoms with van der Waals surface area (Å²) < 4.78 is 13.5. The molecule has 0 saturated heterocycles. The molecule has 4 nitrogen and oxygen atoms in total. The second kappa shape index (κ2) is 4.49. The van der Waals surface area contributed by atoms with Crippen molar-refractivity contribution in [3.63, 3.8) is 0 Å². The van der Waals surface area contributed by atoms with Crippen molar-refractivity contribution in [1.29, 1.82) is 0 Å². The molecule has 0 atom stereocenters. The van der Waals surface area contributed by atoms with Gasteiger partial charge in [0.05, 0.1) is 11.3 Å². The van der Waals surface area contributed by atoms with Crippen LogP contribution in [0.3, 0.4) is 0 Å². The van der Waals surface area contributed by atoms with Gasteiger partial charge in [0.25, 0.3) is 5.91 Å². The number of hydrazine groups is 1. The van der Waals surface area contributed by atoms with E-state index in [0.717, 1.165) is 5.92 Å². The maximum atomic E-state index is 13.5. The standard InChI is InChI=1S/C14H18FN3O/c15-11-3-1-2-10(12(11)18-16)13(19)17-8-14(6-7-14)9-4-5-9/h1-3,9,18H,4-8,16H2,(H,17,19). The van der Waals surface area contributed by atoms with Gasteiger partial charge in [0.15, 0.2) is 0 Å². The molecule has 2 aliphatic carbocycles. The van der Waals surface area contributed by atoms with Crippen LogP contribution < -0.4 is 16.6 Å². The topological polar surface area (TPSA) is 67.1 Å². The van der Waals surface area contributed by atoms with Crippen molar-refractivity contribution in [2.45, 2.75) is 25.7 Å². The molecular weight excluding hydrogens is 245 g/mol. The highest BCUT2D eigenvalue weighted by molar-refractivity contribution is 5.99. The van der Waals surface area contributed by atoms with E-state index in [4.69, 9.17) is 5.84 Å². The number of benzene rings is 1. The number of para-hydroxylation sites is 1. The number of amides is 1. The molecule has 0 heterocycles. The average Bonchev–Trinajstić information content (AvgIpc) is 3.28. The van der Waals surface area contributed by atoms with Crippen molar-refractivity contribution >= 4 is 11.6 Å². The van der Waals surface area contributed by atoms with Crippen LogP contribution in [-0.4, -0.2) is 12.5 Å². The molecule has 5 heteroatoms. The zero-order valence-electron chi connectivity index (χ0n) is 10.7. The fraction of sp³-hybridized carbons (Fsp3) is 0.500. The molecule has 4 N–H and O–H groups in total. The Morgan fingerprint density at radius 2 is 2.16 bits per heavy atom. The summed E-state index contributed by atoms with van der Waals surface area (Å²) in [6.07, 6.45) is 4.96. The number of carbonyl (C=O) groups excluding carboxylic acids is 1. The quantitative estimate of drug-likeness (QED) is 0.562. The molecule has 0 radical (unpaired) electrons. The number of rotatable bonds is 5. The smallest absolute Gasteiger partial charge is 0.253 e. The van der Waals surface area contributed by atoms with E-state index in [1.54, 1.807) is 6.07 Å². The Balaban J connectivity index is 1.68. The van der Waals surface area contributed by atoms with Crippen molar-refractivity contribution in [3.8, 4) is 0 Å². The molecule has 0 aromatic heterocycles. The van der Waals surface area contributed by atoms with E-state index in [1.807, 2.05) is 0 Å². The molecule has 3 rings (SSSR count). The van der Waals surface area contributed by atoms with E-state index in [2.05, 4.69) is 10.7 Å². The second-order valence-electron chi connectivity index (χ2n) is 5.63. The summed E-state index contributed by atoms with van der Waals surface area (Å²) in [6, 6.07) is 4.36. The van der Waals surface area contributed by atoms with E-state index < -0.39 is 5.82 Å². The van der Waals surface area contributed by atoms with Crippen molar-refractivity contribution in [2.24, 2.45) is 17.2 Å². The predicted molar refractivity (Wildman–Crippen MR) is 70.9 cm³/mol. The van der Waals surface area contributed by atoms with Gasteiger partial charge in [0.2, 0.25) is 0 Å². The van der Waals surface area contributed by atoms with Crippen molar-refractivity contribution in [2.75, 3.05) is 12.0 Å². The molecule has 2 aliphatic rings. The third-order valence-corrected chi connectivity index (χ3v) is 4.34. The van der Waals surface area contributed by atoms with Crippen LogP contribution in [0.4, 0.5) is 10.1 Å². The van der Waals surface area contributed by atoms with Crippen LogP contribution in [0.15, 0.2) is 18.2 Å². The molecule has 102 valence electrons. The molecule has 0 bridgehead atoms. The van der Waals surface area contributed by atoms with Gasteiger partial charge in [0, 0.05) is 6.54 Å². The van der Waals surface area contributed by atoms with E-state index in [0.29, 0.717) is 12.0 Å². The molecule has 1 amide bonds. The van der Waals surface area contributed by atoms with Gasteiger partial charge >= 0.3 is 0 Å².